The molecule has 0 radical (unpaired) electrons. The number of amides is 3. The van der Waals surface area contributed by atoms with Crippen molar-refractivity contribution < 1.29 is 9.59 Å². The molecule has 90 valence electrons. The van der Waals surface area contributed by atoms with Crippen molar-refractivity contribution >= 4 is 11.9 Å². The van der Waals surface area contributed by atoms with E-state index in [1.165, 1.54) is 12.8 Å². The van der Waals surface area contributed by atoms with Gasteiger partial charge in [-0.05, 0) is 25.7 Å². The maximum Gasteiger partial charge on any atom is 0.315 e. The molecule has 0 aromatic heterocycles. The lowest BCUT2D eigenvalue weighted by atomic mass is 10.3. The Morgan fingerprint density at radius 2 is 2.12 bits per heavy atom. The van der Waals surface area contributed by atoms with Crippen LogP contribution in [0.25, 0.3) is 0 Å². The van der Waals surface area contributed by atoms with Crippen LogP contribution in [0.5, 0.6) is 0 Å². The van der Waals surface area contributed by atoms with E-state index >= 15 is 0 Å². The molecule has 0 heterocycles. The van der Waals surface area contributed by atoms with Gasteiger partial charge in [-0.3, -0.25) is 4.79 Å². The van der Waals surface area contributed by atoms with Crippen molar-refractivity contribution in [3.63, 3.8) is 0 Å². The molecule has 1 rings (SSSR count). The fourth-order valence-electron chi connectivity index (χ4n) is 1.12. The molecule has 5 heteroatoms. The van der Waals surface area contributed by atoms with Gasteiger partial charge in [0.05, 0.1) is 6.54 Å². The summed E-state index contributed by atoms with van der Waals surface area (Å²) in [6.45, 7) is 6.09. The van der Waals surface area contributed by atoms with Crippen LogP contribution in [-0.2, 0) is 4.79 Å². The van der Waals surface area contributed by atoms with Crippen molar-refractivity contribution in [3.05, 3.63) is 12.7 Å². The summed E-state index contributed by atoms with van der Waals surface area (Å²) in [5.74, 6) is 0.506. The normalized spacial score (nSPS) is 16.1. The molecule has 5 nitrogen and oxygen atoms in total. The third-order valence-electron chi connectivity index (χ3n) is 2.41. The molecular formula is C11H19N3O2. The summed E-state index contributed by atoms with van der Waals surface area (Å²) < 4.78 is 0. The van der Waals surface area contributed by atoms with Gasteiger partial charge in [0.2, 0.25) is 5.91 Å². The number of carbonyl (C=O) groups is 2. The van der Waals surface area contributed by atoms with E-state index in [-0.39, 0.29) is 24.5 Å². The van der Waals surface area contributed by atoms with Crippen LogP contribution in [0, 0.1) is 5.92 Å². The summed E-state index contributed by atoms with van der Waals surface area (Å²) >= 11 is 0. The monoisotopic (exact) mass is 225 g/mol. The highest BCUT2D eigenvalue weighted by Crippen LogP contribution is 2.27. The van der Waals surface area contributed by atoms with Crippen LogP contribution in [-0.4, -0.2) is 31.1 Å². The summed E-state index contributed by atoms with van der Waals surface area (Å²) in [5, 5.41) is 7.86. The molecular weight excluding hydrogens is 206 g/mol. The Morgan fingerprint density at radius 3 is 2.69 bits per heavy atom. The smallest absolute Gasteiger partial charge is 0.315 e. The van der Waals surface area contributed by atoms with E-state index < -0.39 is 0 Å². The maximum absolute atomic E-state index is 11.3. The van der Waals surface area contributed by atoms with Crippen LogP contribution in [0.4, 0.5) is 4.79 Å². The molecule has 0 aromatic carbocycles. The van der Waals surface area contributed by atoms with Gasteiger partial charge in [0.1, 0.15) is 0 Å². The van der Waals surface area contributed by atoms with Gasteiger partial charge in [-0.2, -0.15) is 0 Å². The highest BCUT2D eigenvalue weighted by Gasteiger charge is 2.21. The van der Waals surface area contributed by atoms with Gasteiger partial charge in [-0.25, -0.2) is 4.79 Å². The highest BCUT2D eigenvalue weighted by atomic mass is 16.2. The number of hydrogen-bond acceptors (Lipinski definition) is 2. The molecule has 1 fully saturated rings. The van der Waals surface area contributed by atoms with Gasteiger partial charge in [0.25, 0.3) is 0 Å². The molecule has 0 saturated heterocycles. The molecule has 16 heavy (non-hydrogen) atoms. The molecule has 1 aliphatic carbocycles. The first-order chi connectivity index (χ1) is 7.61. The Bertz CT molecular complexity index is 274. The van der Waals surface area contributed by atoms with E-state index in [1.54, 1.807) is 13.0 Å². The predicted molar refractivity (Wildman–Crippen MR) is 61.9 cm³/mol. The van der Waals surface area contributed by atoms with Crippen LogP contribution < -0.4 is 16.0 Å². The average molecular weight is 225 g/mol. The second kappa shape index (κ2) is 6.15. The standard InChI is InChI=1S/C11H19N3O2/c1-3-8(2)14-11(16)13-7-10(15)12-6-9-4-5-9/h3,8-9H,1,4-7H2,2H3,(H,12,15)(H2,13,14,16). The molecule has 1 unspecified atom stereocenters. The minimum atomic E-state index is -0.353. The van der Waals surface area contributed by atoms with Crippen molar-refractivity contribution in [2.75, 3.05) is 13.1 Å². The van der Waals surface area contributed by atoms with E-state index in [4.69, 9.17) is 0 Å². The van der Waals surface area contributed by atoms with Crippen molar-refractivity contribution in [1.82, 2.24) is 16.0 Å². The molecule has 1 saturated carbocycles. The summed E-state index contributed by atoms with van der Waals surface area (Å²) in [5.41, 5.74) is 0. The maximum atomic E-state index is 11.3. The van der Waals surface area contributed by atoms with E-state index in [2.05, 4.69) is 22.5 Å². The number of hydrogen-bond donors (Lipinski definition) is 3. The van der Waals surface area contributed by atoms with Crippen molar-refractivity contribution in [2.24, 2.45) is 5.92 Å². The van der Waals surface area contributed by atoms with Gasteiger partial charge < -0.3 is 16.0 Å². The van der Waals surface area contributed by atoms with Crippen LogP contribution in [0.15, 0.2) is 12.7 Å². The van der Waals surface area contributed by atoms with Crippen LogP contribution in [0.3, 0.4) is 0 Å². The zero-order valence-corrected chi connectivity index (χ0v) is 9.58. The molecule has 3 amide bonds. The first-order valence-corrected chi connectivity index (χ1v) is 5.55. The lowest BCUT2D eigenvalue weighted by Gasteiger charge is -2.10. The minimum Gasteiger partial charge on any atom is -0.354 e. The highest BCUT2D eigenvalue weighted by molar-refractivity contribution is 5.84. The number of nitrogens with one attached hydrogen (secondary N) is 3. The van der Waals surface area contributed by atoms with Crippen LogP contribution in [0.2, 0.25) is 0 Å². The van der Waals surface area contributed by atoms with Gasteiger partial charge in [0.15, 0.2) is 0 Å². The topological polar surface area (TPSA) is 70.2 Å². The third kappa shape index (κ3) is 5.38. The fraction of sp³-hybridized carbons (Fsp3) is 0.636. The fourth-order valence-corrected chi connectivity index (χ4v) is 1.12. The van der Waals surface area contributed by atoms with E-state index in [0.717, 1.165) is 6.54 Å². The summed E-state index contributed by atoms with van der Waals surface area (Å²) in [6, 6.07) is -0.455. The average Bonchev–Trinajstić information content (AvgIpc) is 3.07. The number of urea groups is 1. The van der Waals surface area contributed by atoms with E-state index in [1.807, 2.05) is 0 Å². The Labute approximate surface area is 95.7 Å². The summed E-state index contributed by atoms with van der Waals surface area (Å²) in [4.78, 5) is 22.5. The second-order valence-electron chi connectivity index (χ2n) is 4.10. The molecule has 0 bridgehead atoms. The molecule has 1 atom stereocenters. The zero-order valence-electron chi connectivity index (χ0n) is 9.58. The minimum absolute atomic E-state index is 0.0163. The Hall–Kier alpha value is -1.52. The van der Waals surface area contributed by atoms with Crippen molar-refractivity contribution in [2.45, 2.75) is 25.8 Å². The molecule has 3 N–H and O–H groups in total. The first kappa shape index (κ1) is 12.5. The van der Waals surface area contributed by atoms with Crippen molar-refractivity contribution in [3.8, 4) is 0 Å². The van der Waals surface area contributed by atoms with Gasteiger partial charge in [0, 0.05) is 12.6 Å². The zero-order chi connectivity index (χ0) is 12.0. The molecule has 1 aliphatic rings. The SMILES string of the molecule is C=CC(C)NC(=O)NCC(=O)NCC1CC1. The summed E-state index contributed by atoms with van der Waals surface area (Å²) in [7, 11) is 0. The Morgan fingerprint density at radius 1 is 1.44 bits per heavy atom. The largest absolute Gasteiger partial charge is 0.354 e. The van der Waals surface area contributed by atoms with Gasteiger partial charge >= 0.3 is 6.03 Å². The van der Waals surface area contributed by atoms with E-state index in [0.29, 0.717) is 5.92 Å². The molecule has 0 spiro atoms. The predicted octanol–water partition coefficient (Wildman–Crippen LogP) is 0.386. The quantitative estimate of drug-likeness (QED) is 0.572. The summed E-state index contributed by atoms with van der Waals surface area (Å²) in [6.07, 6.45) is 4.02. The second-order valence-corrected chi connectivity index (χ2v) is 4.10. The molecule has 0 aromatic rings. The Balaban J connectivity index is 2.05. The number of carbonyl (C=O) groups excluding carboxylic acids is 2. The van der Waals surface area contributed by atoms with E-state index in [9.17, 15) is 9.59 Å². The van der Waals surface area contributed by atoms with Crippen LogP contribution >= 0.6 is 0 Å². The van der Waals surface area contributed by atoms with Crippen molar-refractivity contribution in [1.29, 1.82) is 0 Å². The molecule has 0 aliphatic heterocycles. The third-order valence-corrected chi connectivity index (χ3v) is 2.41. The van der Waals surface area contributed by atoms with Gasteiger partial charge in [-0.1, -0.05) is 6.08 Å². The van der Waals surface area contributed by atoms with Crippen LogP contribution in [0.1, 0.15) is 19.8 Å². The Kier molecular flexibility index (Phi) is 4.82. The lowest BCUT2D eigenvalue weighted by Crippen LogP contribution is -2.44. The number of rotatable bonds is 6. The van der Waals surface area contributed by atoms with Gasteiger partial charge in [-0.15, -0.1) is 6.58 Å². The lowest BCUT2D eigenvalue weighted by molar-refractivity contribution is -0.120. The first-order valence-electron chi connectivity index (χ1n) is 5.55.